The number of nitrogens with zero attached hydrogens (tertiary/aromatic N) is 1. The lowest BCUT2D eigenvalue weighted by Gasteiger charge is -2.09. The van der Waals surface area contributed by atoms with Crippen molar-refractivity contribution in [1.29, 1.82) is 0 Å². The van der Waals surface area contributed by atoms with Crippen LogP contribution in [0, 0.1) is 0 Å². The van der Waals surface area contributed by atoms with E-state index in [1.807, 2.05) is 85.8 Å². The number of hydrazone groups is 1. The molecule has 0 spiro atoms. The monoisotopic (exact) mass is 392 g/mol. The predicted octanol–water partition coefficient (Wildman–Crippen LogP) is 5.00. The number of hydrogen-bond acceptors (Lipinski definition) is 3. The highest BCUT2D eigenvalue weighted by atomic mass is 35.5. The number of halogens is 1. The number of amides is 1. The highest BCUT2D eigenvalue weighted by Crippen LogP contribution is 2.19. The summed E-state index contributed by atoms with van der Waals surface area (Å²) in [6.45, 7) is 2.25. The highest BCUT2D eigenvalue weighted by Gasteiger charge is 2.04. The molecule has 0 saturated heterocycles. The molecule has 3 aromatic rings. The lowest BCUT2D eigenvalue weighted by molar-refractivity contribution is -0.120. The van der Waals surface area contributed by atoms with Crippen LogP contribution in [0.2, 0.25) is 5.02 Å². The Labute approximate surface area is 169 Å². The van der Waals surface area contributed by atoms with Crippen LogP contribution < -0.4 is 10.2 Å². The van der Waals surface area contributed by atoms with Crippen LogP contribution in [0.4, 0.5) is 0 Å². The molecular weight excluding hydrogens is 372 g/mol. The molecule has 1 N–H and O–H groups in total. The largest absolute Gasteiger partial charge is 0.489 e. The van der Waals surface area contributed by atoms with Crippen molar-refractivity contribution >= 4 is 23.2 Å². The number of hydrogen-bond donors (Lipinski definition) is 1. The first kappa shape index (κ1) is 19.6. The highest BCUT2D eigenvalue weighted by molar-refractivity contribution is 6.31. The van der Waals surface area contributed by atoms with Crippen molar-refractivity contribution in [3.63, 3.8) is 0 Å². The average Bonchev–Trinajstić information content (AvgIpc) is 2.72. The van der Waals surface area contributed by atoms with Crippen molar-refractivity contribution in [2.24, 2.45) is 5.10 Å². The third kappa shape index (κ3) is 5.69. The van der Waals surface area contributed by atoms with Crippen LogP contribution in [0.15, 0.2) is 84.0 Å². The molecule has 0 fully saturated rings. The van der Waals surface area contributed by atoms with Gasteiger partial charge in [-0.3, -0.25) is 4.79 Å². The van der Waals surface area contributed by atoms with Gasteiger partial charge in [0.2, 0.25) is 5.91 Å². The average molecular weight is 393 g/mol. The molecular formula is C23H21ClN2O2. The normalized spacial score (nSPS) is 11.1. The summed E-state index contributed by atoms with van der Waals surface area (Å²) in [7, 11) is 0. The van der Waals surface area contributed by atoms with E-state index in [1.54, 1.807) is 0 Å². The quantitative estimate of drug-likeness (QED) is 0.454. The summed E-state index contributed by atoms with van der Waals surface area (Å²) in [5, 5.41) is 4.87. The second kappa shape index (κ2) is 9.72. The second-order valence-electron chi connectivity index (χ2n) is 6.30. The van der Waals surface area contributed by atoms with Crippen LogP contribution in [0.5, 0.6) is 5.75 Å². The molecule has 0 saturated carbocycles. The summed E-state index contributed by atoms with van der Waals surface area (Å²) in [6.07, 6.45) is 0.298. The first-order chi connectivity index (χ1) is 13.6. The Bertz CT molecular complexity index is 954. The Morgan fingerprint density at radius 3 is 2.36 bits per heavy atom. The number of rotatable bonds is 7. The molecule has 3 aromatic carbocycles. The minimum Gasteiger partial charge on any atom is -0.489 e. The van der Waals surface area contributed by atoms with Crippen LogP contribution in [-0.2, 0) is 17.8 Å². The Hall–Kier alpha value is -3.11. The van der Waals surface area contributed by atoms with E-state index in [4.69, 9.17) is 16.3 Å². The maximum absolute atomic E-state index is 12.0. The Morgan fingerprint density at radius 1 is 0.964 bits per heavy atom. The van der Waals surface area contributed by atoms with Crippen LogP contribution in [-0.4, -0.2) is 11.6 Å². The van der Waals surface area contributed by atoms with Gasteiger partial charge in [-0.2, -0.15) is 5.10 Å². The third-order valence-electron chi connectivity index (χ3n) is 4.18. The minimum atomic E-state index is -0.148. The number of carbonyl (C=O) groups excluding carboxylic acids is 1. The molecule has 5 heteroatoms. The van der Waals surface area contributed by atoms with Gasteiger partial charge in [0.1, 0.15) is 12.4 Å². The molecule has 1 amide bonds. The fourth-order valence-corrected chi connectivity index (χ4v) is 2.79. The summed E-state index contributed by atoms with van der Waals surface area (Å²) in [4.78, 5) is 12.0. The molecule has 0 bridgehead atoms. The predicted molar refractivity (Wildman–Crippen MR) is 113 cm³/mol. The fourth-order valence-electron chi connectivity index (χ4n) is 2.60. The van der Waals surface area contributed by atoms with E-state index in [1.165, 1.54) is 0 Å². The van der Waals surface area contributed by atoms with Crippen molar-refractivity contribution in [2.75, 3.05) is 0 Å². The van der Waals surface area contributed by atoms with Crippen LogP contribution >= 0.6 is 11.6 Å². The van der Waals surface area contributed by atoms with Crippen molar-refractivity contribution in [2.45, 2.75) is 20.0 Å². The van der Waals surface area contributed by atoms with Crippen molar-refractivity contribution < 1.29 is 9.53 Å². The standard InChI is InChI=1S/C23H21ClN2O2/c1-17(25-26-23(27)15-18-7-3-2-4-8-18)19-11-13-21(14-12-19)28-16-20-9-5-6-10-22(20)24/h2-14H,15-16H2,1H3,(H,26,27)/b25-17+. The van der Waals surface area contributed by atoms with Gasteiger partial charge in [-0.15, -0.1) is 0 Å². The molecule has 0 heterocycles. The number of benzene rings is 3. The zero-order valence-electron chi connectivity index (χ0n) is 15.6. The van der Waals surface area contributed by atoms with Crippen molar-refractivity contribution in [1.82, 2.24) is 5.43 Å². The minimum absolute atomic E-state index is 0.148. The summed E-state index contributed by atoms with van der Waals surface area (Å²) < 4.78 is 5.78. The maximum atomic E-state index is 12.0. The Kier molecular flexibility index (Phi) is 6.82. The third-order valence-corrected chi connectivity index (χ3v) is 4.55. The van der Waals surface area contributed by atoms with Gasteiger partial charge < -0.3 is 4.74 Å². The van der Waals surface area contributed by atoms with E-state index >= 15 is 0 Å². The van der Waals surface area contributed by atoms with Gasteiger partial charge in [0, 0.05) is 10.6 Å². The number of ether oxygens (including phenoxy) is 1. The molecule has 28 heavy (non-hydrogen) atoms. The smallest absolute Gasteiger partial charge is 0.244 e. The number of carbonyl (C=O) groups is 1. The lowest BCUT2D eigenvalue weighted by atomic mass is 10.1. The molecule has 0 aliphatic heterocycles. The van der Waals surface area contributed by atoms with E-state index in [0.717, 1.165) is 28.2 Å². The fraction of sp³-hybridized carbons (Fsp3) is 0.130. The maximum Gasteiger partial charge on any atom is 0.244 e. The molecule has 4 nitrogen and oxygen atoms in total. The summed E-state index contributed by atoms with van der Waals surface area (Å²) in [5.74, 6) is 0.592. The Balaban J connectivity index is 1.54. The van der Waals surface area contributed by atoms with Gasteiger partial charge >= 0.3 is 0 Å². The molecule has 0 aliphatic rings. The number of nitrogens with one attached hydrogen (secondary N) is 1. The van der Waals surface area contributed by atoms with Crippen LogP contribution in [0.25, 0.3) is 0 Å². The molecule has 0 atom stereocenters. The van der Waals surface area contributed by atoms with Gasteiger partial charge in [-0.1, -0.05) is 60.1 Å². The molecule has 0 aliphatic carbocycles. The Morgan fingerprint density at radius 2 is 1.64 bits per heavy atom. The summed E-state index contributed by atoms with van der Waals surface area (Å²) >= 11 is 6.14. The van der Waals surface area contributed by atoms with Gasteiger partial charge in [-0.25, -0.2) is 5.43 Å². The molecule has 0 unspecified atom stereocenters. The van der Waals surface area contributed by atoms with Crippen molar-refractivity contribution in [3.05, 3.63) is 101 Å². The van der Waals surface area contributed by atoms with Gasteiger partial charge in [0.25, 0.3) is 0 Å². The van der Waals surface area contributed by atoms with E-state index < -0.39 is 0 Å². The van der Waals surface area contributed by atoms with Gasteiger partial charge in [0.15, 0.2) is 0 Å². The van der Waals surface area contributed by atoms with Gasteiger partial charge in [0.05, 0.1) is 12.1 Å². The molecule has 142 valence electrons. The van der Waals surface area contributed by atoms with E-state index in [0.29, 0.717) is 18.1 Å². The van der Waals surface area contributed by atoms with Gasteiger partial charge in [-0.05, 0) is 48.4 Å². The topological polar surface area (TPSA) is 50.7 Å². The first-order valence-corrected chi connectivity index (χ1v) is 9.33. The van der Waals surface area contributed by atoms with E-state index in [2.05, 4.69) is 10.5 Å². The van der Waals surface area contributed by atoms with Crippen LogP contribution in [0.3, 0.4) is 0 Å². The zero-order chi connectivity index (χ0) is 19.8. The summed E-state index contributed by atoms with van der Waals surface area (Å²) in [5.41, 5.74) is 6.12. The molecule has 0 aromatic heterocycles. The molecule has 0 radical (unpaired) electrons. The first-order valence-electron chi connectivity index (χ1n) is 8.95. The van der Waals surface area contributed by atoms with Crippen molar-refractivity contribution in [3.8, 4) is 5.75 Å². The second-order valence-corrected chi connectivity index (χ2v) is 6.71. The lowest BCUT2D eigenvalue weighted by Crippen LogP contribution is -2.21. The van der Waals surface area contributed by atoms with E-state index in [-0.39, 0.29) is 5.91 Å². The molecule has 3 rings (SSSR count). The van der Waals surface area contributed by atoms with E-state index in [9.17, 15) is 4.79 Å². The van der Waals surface area contributed by atoms with Crippen LogP contribution in [0.1, 0.15) is 23.6 Å². The zero-order valence-corrected chi connectivity index (χ0v) is 16.3. The summed E-state index contributed by atoms with van der Waals surface area (Å²) in [6, 6.07) is 24.7. The SMILES string of the molecule is C/C(=N\NC(=O)Cc1ccccc1)c1ccc(OCc2ccccc2Cl)cc1.